The Morgan fingerprint density at radius 1 is 1.40 bits per heavy atom. The summed E-state index contributed by atoms with van der Waals surface area (Å²) in [7, 11) is 0. The van der Waals surface area contributed by atoms with Gasteiger partial charge in [0.05, 0.1) is 6.20 Å². The molecule has 0 aliphatic carbocycles. The van der Waals surface area contributed by atoms with Crippen molar-refractivity contribution in [1.29, 1.82) is 5.26 Å². The zero-order valence-corrected chi connectivity index (χ0v) is 10.7. The Balaban J connectivity index is 2.27. The molecule has 0 unspecified atom stereocenters. The van der Waals surface area contributed by atoms with Crippen LogP contribution in [-0.4, -0.2) is 15.2 Å². The molecule has 0 saturated heterocycles. The van der Waals surface area contributed by atoms with Gasteiger partial charge in [-0.3, -0.25) is 0 Å². The van der Waals surface area contributed by atoms with E-state index in [2.05, 4.69) is 16.9 Å². The molecule has 0 fully saturated rings. The first-order valence-corrected chi connectivity index (χ1v) is 5.73. The number of rotatable bonds is 4. The lowest BCUT2D eigenvalue weighted by Gasteiger charge is -2.09. The number of hydrogen-bond donors (Lipinski definition) is 1. The Kier molecular flexibility index (Phi) is 4.10. The van der Waals surface area contributed by atoms with Gasteiger partial charge in [0.15, 0.2) is 0 Å². The van der Waals surface area contributed by atoms with E-state index in [0.29, 0.717) is 21.7 Å². The maximum absolute atomic E-state index is 9.06. The summed E-state index contributed by atoms with van der Waals surface area (Å²) in [5.41, 5.74) is 1.36. The number of aromatic nitrogens is 2. The van der Waals surface area contributed by atoms with Crippen LogP contribution in [0.3, 0.4) is 0 Å². The quantitative estimate of drug-likeness (QED) is 0.521. The Hall–Kier alpha value is -3.12. The second-order valence-corrected chi connectivity index (χ2v) is 3.71. The number of nitriles is 1. The lowest BCUT2D eigenvalue weighted by atomic mass is 10.1. The highest BCUT2D eigenvalue weighted by Crippen LogP contribution is 2.23. The standard InChI is InChI=1S/C14H11N3O3/c1-2-4-11-5-3-6-13(20-10-15)12(11)9-19-14-7-8-17(18)16-14/h3,5-8,18H,9H2,1H3. The van der Waals surface area contributed by atoms with Crippen LogP contribution >= 0.6 is 0 Å². The van der Waals surface area contributed by atoms with Gasteiger partial charge in [0.2, 0.25) is 5.88 Å². The molecule has 0 aliphatic rings. The van der Waals surface area contributed by atoms with E-state index in [-0.39, 0.29) is 12.5 Å². The molecule has 0 spiro atoms. The minimum Gasteiger partial charge on any atom is -0.471 e. The van der Waals surface area contributed by atoms with Crippen molar-refractivity contribution in [3.8, 4) is 29.7 Å². The second kappa shape index (κ2) is 6.17. The molecule has 1 N–H and O–H groups in total. The molecule has 6 nitrogen and oxygen atoms in total. The molecule has 1 aromatic carbocycles. The van der Waals surface area contributed by atoms with Crippen LogP contribution < -0.4 is 9.47 Å². The highest BCUT2D eigenvalue weighted by atomic mass is 16.5. The average Bonchev–Trinajstić information content (AvgIpc) is 2.84. The maximum Gasteiger partial charge on any atom is 0.292 e. The Bertz CT molecular complexity index is 704. The van der Waals surface area contributed by atoms with Crippen LogP contribution in [-0.2, 0) is 6.61 Å². The van der Waals surface area contributed by atoms with Crippen molar-refractivity contribution in [2.24, 2.45) is 0 Å². The van der Waals surface area contributed by atoms with Gasteiger partial charge in [-0.25, -0.2) is 0 Å². The molecule has 0 aliphatic heterocycles. The number of nitrogens with zero attached hydrogens (tertiary/aromatic N) is 3. The summed E-state index contributed by atoms with van der Waals surface area (Å²) < 4.78 is 10.3. The van der Waals surface area contributed by atoms with Crippen LogP contribution in [0.25, 0.3) is 0 Å². The molecule has 6 heteroatoms. The van der Waals surface area contributed by atoms with Crippen molar-refractivity contribution in [3.63, 3.8) is 0 Å². The zero-order chi connectivity index (χ0) is 14.4. The van der Waals surface area contributed by atoms with E-state index in [1.807, 2.05) is 6.07 Å². The van der Waals surface area contributed by atoms with Crippen LogP contribution in [0, 0.1) is 23.4 Å². The van der Waals surface area contributed by atoms with Gasteiger partial charge in [0.1, 0.15) is 12.4 Å². The molecule has 0 saturated carbocycles. The average molecular weight is 269 g/mol. The van der Waals surface area contributed by atoms with E-state index in [4.69, 9.17) is 19.9 Å². The van der Waals surface area contributed by atoms with E-state index in [0.717, 1.165) is 0 Å². The van der Waals surface area contributed by atoms with Crippen LogP contribution in [0.1, 0.15) is 18.1 Å². The SMILES string of the molecule is CC#Cc1cccc(OC#N)c1COc1ccn(O)n1. The van der Waals surface area contributed by atoms with E-state index >= 15 is 0 Å². The number of ether oxygens (including phenoxy) is 2. The lowest BCUT2D eigenvalue weighted by molar-refractivity contribution is 0.141. The van der Waals surface area contributed by atoms with Gasteiger partial charge in [0, 0.05) is 17.2 Å². The third kappa shape index (κ3) is 3.01. The van der Waals surface area contributed by atoms with Crippen LogP contribution in [0.4, 0.5) is 0 Å². The van der Waals surface area contributed by atoms with Crippen LogP contribution in [0.15, 0.2) is 30.5 Å². The maximum atomic E-state index is 9.06. The molecule has 0 amide bonds. The molecule has 0 radical (unpaired) electrons. The molecule has 100 valence electrons. The summed E-state index contributed by atoms with van der Waals surface area (Å²) in [6, 6.07) is 6.73. The highest BCUT2D eigenvalue weighted by molar-refractivity contribution is 5.49. The van der Waals surface area contributed by atoms with Crippen molar-refractivity contribution >= 4 is 0 Å². The molecule has 20 heavy (non-hydrogen) atoms. The second-order valence-electron chi connectivity index (χ2n) is 3.71. The van der Waals surface area contributed by atoms with Crippen molar-refractivity contribution in [2.45, 2.75) is 13.5 Å². The van der Waals surface area contributed by atoms with E-state index < -0.39 is 0 Å². The summed E-state index contributed by atoms with van der Waals surface area (Å²) in [6.07, 6.45) is 2.98. The molecule has 2 aromatic rings. The van der Waals surface area contributed by atoms with Crippen molar-refractivity contribution < 1.29 is 14.7 Å². The van der Waals surface area contributed by atoms with Gasteiger partial charge in [0.25, 0.3) is 6.26 Å². The van der Waals surface area contributed by atoms with E-state index in [1.54, 1.807) is 25.3 Å². The molecular weight excluding hydrogens is 258 g/mol. The minimum absolute atomic E-state index is 0.124. The van der Waals surface area contributed by atoms with Gasteiger partial charge in [-0.15, -0.1) is 16.0 Å². The fourth-order valence-corrected chi connectivity index (χ4v) is 1.63. The van der Waals surface area contributed by atoms with Crippen molar-refractivity contribution in [3.05, 3.63) is 41.6 Å². The van der Waals surface area contributed by atoms with Gasteiger partial charge in [-0.2, -0.15) is 0 Å². The van der Waals surface area contributed by atoms with Crippen LogP contribution in [0.5, 0.6) is 11.6 Å². The first-order chi connectivity index (χ1) is 9.74. The van der Waals surface area contributed by atoms with Gasteiger partial charge >= 0.3 is 0 Å². The molecule has 2 rings (SSSR count). The Labute approximate surface area is 115 Å². The predicted octanol–water partition coefficient (Wildman–Crippen LogP) is 1.93. The summed E-state index contributed by atoms with van der Waals surface area (Å²) in [5, 5.41) is 21.4. The van der Waals surface area contributed by atoms with Gasteiger partial charge in [-0.05, 0) is 19.1 Å². The normalized spacial score (nSPS) is 9.20. The first kappa shape index (κ1) is 13.3. The Morgan fingerprint density at radius 3 is 2.90 bits per heavy atom. The topological polar surface area (TPSA) is 80.3 Å². The van der Waals surface area contributed by atoms with Crippen LogP contribution in [0.2, 0.25) is 0 Å². The number of benzene rings is 1. The summed E-state index contributed by atoms with van der Waals surface area (Å²) >= 11 is 0. The molecule has 0 atom stereocenters. The fourth-order valence-electron chi connectivity index (χ4n) is 1.63. The third-order valence-electron chi connectivity index (χ3n) is 2.46. The number of hydrogen-bond acceptors (Lipinski definition) is 5. The summed E-state index contributed by atoms with van der Waals surface area (Å²) in [4.78, 5) is 0.653. The fraction of sp³-hybridized carbons (Fsp3) is 0.143. The van der Waals surface area contributed by atoms with Gasteiger partial charge < -0.3 is 14.7 Å². The smallest absolute Gasteiger partial charge is 0.292 e. The summed E-state index contributed by atoms with van der Waals surface area (Å²) in [5.74, 6) is 6.36. The summed E-state index contributed by atoms with van der Waals surface area (Å²) in [6.45, 7) is 1.84. The highest BCUT2D eigenvalue weighted by Gasteiger charge is 2.10. The van der Waals surface area contributed by atoms with E-state index in [1.165, 1.54) is 12.3 Å². The minimum atomic E-state index is 0.124. The Morgan fingerprint density at radius 2 is 2.25 bits per heavy atom. The van der Waals surface area contributed by atoms with Crippen molar-refractivity contribution in [2.75, 3.05) is 0 Å². The van der Waals surface area contributed by atoms with E-state index in [9.17, 15) is 0 Å². The molecular formula is C14H11N3O3. The van der Waals surface area contributed by atoms with Gasteiger partial charge in [-0.1, -0.05) is 17.1 Å². The lowest BCUT2D eigenvalue weighted by Crippen LogP contribution is -2.02. The monoisotopic (exact) mass is 269 g/mol. The predicted molar refractivity (Wildman–Crippen MR) is 69.0 cm³/mol. The largest absolute Gasteiger partial charge is 0.471 e. The third-order valence-corrected chi connectivity index (χ3v) is 2.46. The molecule has 0 bridgehead atoms. The molecule has 1 heterocycles. The zero-order valence-electron chi connectivity index (χ0n) is 10.7. The first-order valence-electron chi connectivity index (χ1n) is 5.73. The molecule has 1 aromatic heterocycles. The van der Waals surface area contributed by atoms with Crippen molar-refractivity contribution in [1.82, 2.24) is 9.94 Å².